The molecule has 1 aliphatic carbocycles. The third-order valence-corrected chi connectivity index (χ3v) is 4.44. The zero-order chi connectivity index (χ0) is 10.3. The molecule has 1 heteroatoms. The number of hydrogen-bond acceptors (Lipinski definition) is 0. The first kappa shape index (κ1) is 10.2. The van der Waals surface area contributed by atoms with Gasteiger partial charge in [-0.2, -0.15) is 0 Å². The molecule has 1 saturated carbocycles. The lowest BCUT2D eigenvalue weighted by atomic mass is 9.94. The van der Waals surface area contributed by atoms with Crippen LogP contribution in [-0.4, -0.2) is 0 Å². The minimum Gasteiger partial charge on any atom is -0.0613 e. The average molecular weight is 253 g/mol. The van der Waals surface area contributed by atoms with Gasteiger partial charge in [0.1, 0.15) is 0 Å². The fourth-order valence-corrected chi connectivity index (χ4v) is 2.61. The monoisotopic (exact) mass is 252 g/mol. The average Bonchev–Trinajstić information content (AvgIpc) is 2.97. The van der Waals surface area contributed by atoms with E-state index in [1.807, 2.05) is 0 Å². The summed E-state index contributed by atoms with van der Waals surface area (Å²) in [6, 6.07) is 2.38. The molecule has 1 aromatic carbocycles. The first-order chi connectivity index (χ1) is 6.65. The van der Waals surface area contributed by atoms with Crippen LogP contribution in [0.4, 0.5) is 0 Å². The van der Waals surface area contributed by atoms with Gasteiger partial charge in [-0.1, -0.05) is 28.9 Å². The molecule has 0 atom stereocenters. The number of hydrogen-bond donors (Lipinski definition) is 0. The SMILES string of the molecule is CCc1c(C2CC2)cc(C)c(Br)c1C. The van der Waals surface area contributed by atoms with Gasteiger partial charge in [-0.05, 0) is 61.3 Å². The highest BCUT2D eigenvalue weighted by molar-refractivity contribution is 9.10. The Kier molecular flexibility index (Phi) is 2.70. The molecule has 0 aromatic heterocycles. The van der Waals surface area contributed by atoms with Crippen LogP contribution in [0.15, 0.2) is 10.5 Å². The van der Waals surface area contributed by atoms with Crippen LogP contribution < -0.4 is 0 Å². The molecule has 76 valence electrons. The molecule has 0 saturated heterocycles. The van der Waals surface area contributed by atoms with Crippen molar-refractivity contribution in [1.82, 2.24) is 0 Å². The first-order valence-corrected chi connectivity index (χ1v) is 6.23. The highest BCUT2D eigenvalue weighted by Crippen LogP contribution is 2.44. The molecular formula is C13H17Br. The van der Waals surface area contributed by atoms with Gasteiger partial charge in [0.05, 0.1) is 0 Å². The maximum Gasteiger partial charge on any atom is 0.0236 e. The van der Waals surface area contributed by atoms with Crippen LogP contribution in [0.25, 0.3) is 0 Å². The largest absolute Gasteiger partial charge is 0.0613 e. The molecule has 1 aliphatic rings. The Balaban J connectivity index is 2.58. The summed E-state index contributed by atoms with van der Waals surface area (Å²) in [5.41, 5.74) is 6.03. The fraction of sp³-hybridized carbons (Fsp3) is 0.538. The second kappa shape index (κ2) is 3.69. The van der Waals surface area contributed by atoms with Crippen LogP contribution in [-0.2, 0) is 6.42 Å². The number of aryl methyl sites for hydroxylation is 1. The molecule has 2 rings (SSSR count). The summed E-state index contributed by atoms with van der Waals surface area (Å²) in [7, 11) is 0. The van der Waals surface area contributed by atoms with Gasteiger partial charge in [0.2, 0.25) is 0 Å². The van der Waals surface area contributed by atoms with E-state index in [1.54, 1.807) is 11.1 Å². The Morgan fingerprint density at radius 3 is 2.50 bits per heavy atom. The van der Waals surface area contributed by atoms with Gasteiger partial charge in [-0.25, -0.2) is 0 Å². The van der Waals surface area contributed by atoms with Gasteiger partial charge in [0.15, 0.2) is 0 Å². The minimum absolute atomic E-state index is 0.871. The summed E-state index contributed by atoms with van der Waals surface area (Å²) in [6.07, 6.45) is 3.96. The van der Waals surface area contributed by atoms with Gasteiger partial charge in [0, 0.05) is 4.47 Å². The van der Waals surface area contributed by atoms with E-state index in [1.165, 1.54) is 28.4 Å². The zero-order valence-corrected chi connectivity index (χ0v) is 10.7. The Morgan fingerprint density at radius 2 is 2.00 bits per heavy atom. The number of benzene rings is 1. The van der Waals surface area contributed by atoms with Gasteiger partial charge >= 0.3 is 0 Å². The van der Waals surface area contributed by atoms with Gasteiger partial charge < -0.3 is 0 Å². The van der Waals surface area contributed by atoms with Gasteiger partial charge in [0.25, 0.3) is 0 Å². The van der Waals surface area contributed by atoms with Crippen molar-refractivity contribution in [2.24, 2.45) is 0 Å². The lowest BCUT2D eigenvalue weighted by Gasteiger charge is -2.14. The summed E-state index contributed by atoms with van der Waals surface area (Å²) in [4.78, 5) is 0. The van der Waals surface area contributed by atoms with E-state index < -0.39 is 0 Å². The molecule has 1 fully saturated rings. The van der Waals surface area contributed by atoms with Crippen LogP contribution in [0, 0.1) is 13.8 Å². The van der Waals surface area contributed by atoms with Crippen molar-refractivity contribution in [1.29, 1.82) is 0 Å². The van der Waals surface area contributed by atoms with Gasteiger partial charge in [-0.15, -0.1) is 0 Å². The molecule has 0 amide bonds. The van der Waals surface area contributed by atoms with Crippen molar-refractivity contribution in [2.75, 3.05) is 0 Å². The van der Waals surface area contributed by atoms with Crippen LogP contribution in [0.5, 0.6) is 0 Å². The summed E-state index contributed by atoms with van der Waals surface area (Å²) in [6.45, 7) is 6.69. The fourth-order valence-electron chi connectivity index (χ4n) is 2.26. The van der Waals surface area contributed by atoms with Crippen molar-refractivity contribution in [3.05, 3.63) is 32.8 Å². The summed E-state index contributed by atoms with van der Waals surface area (Å²) in [5.74, 6) is 0.871. The Morgan fingerprint density at radius 1 is 1.36 bits per heavy atom. The molecule has 14 heavy (non-hydrogen) atoms. The molecule has 0 N–H and O–H groups in total. The van der Waals surface area contributed by atoms with Crippen molar-refractivity contribution in [2.45, 2.75) is 46.0 Å². The standard InChI is InChI=1S/C13H17Br/c1-4-11-9(3)13(14)8(2)7-12(11)10-5-6-10/h7,10H,4-6H2,1-3H3. The Hall–Kier alpha value is -0.300. The molecule has 0 aliphatic heterocycles. The second-order valence-corrected chi connectivity index (χ2v) is 5.12. The summed E-state index contributed by atoms with van der Waals surface area (Å²) < 4.78 is 1.30. The topological polar surface area (TPSA) is 0 Å². The normalized spacial score (nSPS) is 16.0. The quantitative estimate of drug-likeness (QED) is 0.727. The van der Waals surface area contributed by atoms with Crippen molar-refractivity contribution in [3.8, 4) is 0 Å². The molecule has 0 nitrogen and oxygen atoms in total. The van der Waals surface area contributed by atoms with Crippen molar-refractivity contribution >= 4 is 15.9 Å². The molecule has 0 bridgehead atoms. The third kappa shape index (κ3) is 1.63. The van der Waals surface area contributed by atoms with Crippen molar-refractivity contribution < 1.29 is 0 Å². The van der Waals surface area contributed by atoms with E-state index in [9.17, 15) is 0 Å². The third-order valence-electron chi connectivity index (χ3n) is 3.22. The number of halogens is 1. The zero-order valence-electron chi connectivity index (χ0n) is 9.15. The molecule has 0 heterocycles. The van der Waals surface area contributed by atoms with Crippen LogP contribution in [0.1, 0.15) is 47.9 Å². The predicted molar refractivity (Wildman–Crippen MR) is 65.0 cm³/mol. The van der Waals surface area contributed by atoms with Crippen LogP contribution >= 0.6 is 15.9 Å². The number of rotatable bonds is 2. The Labute approximate surface area is 94.8 Å². The maximum atomic E-state index is 3.67. The van der Waals surface area contributed by atoms with Gasteiger partial charge in [-0.3, -0.25) is 0 Å². The maximum absolute atomic E-state index is 3.67. The van der Waals surface area contributed by atoms with E-state index in [0.717, 1.165) is 12.3 Å². The summed E-state index contributed by atoms with van der Waals surface area (Å²) in [5, 5.41) is 0. The first-order valence-electron chi connectivity index (χ1n) is 5.43. The lowest BCUT2D eigenvalue weighted by Crippen LogP contribution is -1.97. The van der Waals surface area contributed by atoms with E-state index >= 15 is 0 Å². The molecule has 0 unspecified atom stereocenters. The highest BCUT2D eigenvalue weighted by Gasteiger charge is 2.27. The molecule has 1 aromatic rings. The lowest BCUT2D eigenvalue weighted by molar-refractivity contribution is 0.998. The molecular weight excluding hydrogens is 236 g/mol. The van der Waals surface area contributed by atoms with Crippen molar-refractivity contribution in [3.63, 3.8) is 0 Å². The minimum atomic E-state index is 0.871. The highest BCUT2D eigenvalue weighted by atomic mass is 79.9. The van der Waals surface area contributed by atoms with E-state index in [0.29, 0.717) is 0 Å². The Bertz CT molecular complexity index is 362. The molecule has 0 radical (unpaired) electrons. The molecule has 0 spiro atoms. The van der Waals surface area contributed by atoms with E-state index in [2.05, 4.69) is 42.8 Å². The van der Waals surface area contributed by atoms with Crippen LogP contribution in [0.3, 0.4) is 0 Å². The predicted octanol–water partition coefficient (Wildman–Crippen LogP) is 4.51. The van der Waals surface area contributed by atoms with E-state index in [-0.39, 0.29) is 0 Å². The van der Waals surface area contributed by atoms with E-state index in [4.69, 9.17) is 0 Å². The van der Waals surface area contributed by atoms with Crippen LogP contribution in [0.2, 0.25) is 0 Å². The second-order valence-electron chi connectivity index (χ2n) is 4.33. The summed E-state index contributed by atoms with van der Waals surface area (Å²) >= 11 is 3.67. The smallest absolute Gasteiger partial charge is 0.0236 e.